The Morgan fingerprint density at radius 2 is 2.10 bits per heavy atom. The summed E-state index contributed by atoms with van der Waals surface area (Å²) < 4.78 is 11.2. The molecule has 0 saturated carbocycles. The molecule has 0 aliphatic carbocycles. The third-order valence-electron chi connectivity index (χ3n) is 5.81. The average Bonchev–Trinajstić information content (AvgIpc) is 3.23. The van der Waals surface area contributed by atoms with Gasteiger partial charge < -0.3 is 19.0 Å². The van der Waals surface area contributed by atoms with Crippen LogP contribution in [0.3, 0.4) is 0 Å². The van der Waals surface area contributed by atoms with E-state index in [1.165, 1.54) is 0 Å². The van der Waals surface area contributed by atoms with E-state index in [1.807, 2.05) is 32.0 Å². The van der Waals surface area contributed by atoms with Crippen LogP contribution in [0.5, 0.6) is 5.75 Å². The molecular formula is C23H28N4O3. The summed E-state index contributed by atoms with van der Waals surface area (Å²) in [5, 5.41) is 0.508. The lowest BCUT2D eigenvalue weighted by Gasteiger charge is -2.22. The molecule has 1 aliphatic heterocycles. The largest absolute Gasteiger partial charge is 0.497 e. The van der Waals surface area contributed by atoms with E-state index in [-0.39, 0.29) is 17.4 Å². The molecule has 3 heterocycles. The fourth-order valence-corrected chi connectivity index (χ4v) is 4.06. The molecule has 1 aliphatic rings. The van der Waals surface area contributed by atoms with Crippen molar-refractivity contribution in [2.75, 3.05) is 39.2 Å². The van der Waals surface area contributed by atoms with Gasteiger partial charge in [-0.1, -0.05) is 13.8 Å². The molecule has 1 saturated heterocycles. The average molecular weight is 409 g/mol. The van der Waals surface area contributed by atoms with Gasteiger partial charge in [0.1, 0.15) is 11.6 Å². The maximum absolute atomic E-state index is 13.0. The first-order valence-corrected chi connectivity index (χ1v) is 10.3. The summed E-state index contributed by atoms with van der Waals surface area (Å²) in [5.74, 6) is 1.89. The molecular weight excluding hydrogens is 380 g/mol. The van der Waals surface area contributed by atoms with Crippen molar-refractivity contribution >= 4 is 16.7 Å². The van der Waals surface area contributed by atoms with Gasteiger partial charge in [0.25, 0.3) is 0 Å². The second-order valence-corrected chi connectivity index (χ2v) is 8.30. The van der Waals surface area contributed by atoms with Crippen LogP contribution < -0.4 is 15.3 Å². The molecule has 1 aromatic carbocycles. The topological polar surface area (TPSA) is 71.7 Å². The third-order valence-corrected chi connectivity index (χ3v) is 5.81. The van der Waals surface area contributed by atoms with Crippen LogP contribution in [-0.4, -0.2) is 55.2 Å². The summed E-state index contributed by atoms with van der Waals surface area (Å²) in [4.78, 5) is 26.8. The van der Waals surface area contributed by atoms with Gasteiger partial charge in [-0.25, -0.2) is 14.8 Å². The van der Waals surface area contributed by atoms with Gasteiger partial charge in [0.05, 0.1) is 23.6 Å². The van der Waals surface area contributed by atoms with Gasteiger partial charge in [-0.15, -0.1) is 0 Å². The lowest BCUT2D eigenvalue weighted by atomic mass is 9.98. The summed E-state index contributed by atoms with van der Waals surface area (Å²) in [5.41, 5.74) is 1.79. The number of ether oxygens (including phenoxy) is 1. The number of hydrogen-bond donors (Lipinski definition) is 0. The fourth-order valence-electron chi connectivity index (χ4n) is 4.06. The SMILES string of the molecule is COc1cc(C(C)C)c2c(=O)oc(-c3cccnc3N3CC[C@@H](N(C)C)C3)nc2c1. The molecule has 1 atom stereocenters. The molecule has 0 amide bonds. The zero-order valence-corrected chi connectivity index (χ0v) is 18.2. The van der Waals surface area contributed by atoms with Crippen molar-refractivity contribution < 1.29 is 9.15 Å². The summed E-state index contributed by atoms with van der Waals surface area (Å²) in [6, 6.07) is 7.89. The first kappa shape index (κ1) is 20.3. The number of likely N-dealkylation sites (N-methyl/N-ethyl adjacent to an activating group) is 1. The van der Waals surface area contributed by atoms with E-state index < -0.39 is 0 Å². The monoisotopic (exact) mass is 408 g/mol. The van der Waals surface area contributed by atoms with Crippen LogP contribution in [0, 0.1) is 0 Å². The van der Waals surface area contributed by atoms with Gasteiger partial charge in [0, 0.05) is 31.4 Å². The summed E-state index contributed by atoms with van der Waals surface area (Å²) in [6.07, 6.45) is 2.83. The number of anilines is 1. The number of aromatic nitrogens is 2. The third kappa shape index (κ3) is 3.65. The van der Waals surface area contributed by atoms with Crippen molar-refractivity contribution in [2.45, 2.75) is 32.2 Å². The van der Waals surface area contributed by atoms with Gasteiger partial charge >= 0.3 is 5.63 Å². The second-order valence-electron chi connectivity index (χ2n) is 8.30. The Balaban J connectivity index is 1.84. The van der Waals surface area contributed by atoms with Crippen LogP contribution in [0.4, 0.5) is 5.82 Å². The highest BCUT2D eigenvalue weighted by atomic mass is 16.5. The van der Waals surface area contributed by atoms with E-state index in [4.69, 9.17) is 14.1 Å². The normalized spacial score (nSPS) is 16.8. The Kier molecular flexibility index (Phi) is 5.47. The molecule has 1 fully saturated rings. The molecule has 3 aromatic rings. The van der Waals surface area contributed by atoms with Crippen LogP contribution in [-0.2, 0) is 0 Å². The fraction of sp³-hybridized carbons (Fsp3) is 0.435. The Morgan fingerprint density at radius 1 is 1.30 bits per heavy atom. The first-order valence-electron chi connectivity index (χ1n) is 10.3. The lowest BCUT2D eigenvalue weighted by molar-refractivity contribution is 0.315. The zero-order valence-electron chi connectivity index (χ0n) is 18.2. The molecule has 0 unspecified atom stereocenters. The molecule has 0 N–H and O–H groups in total. The molecule has 30 heavy (non-hydrogen) atoms. The second kappa shape index (κ2) is 8.07. The van der Waals surface area contributed by atoms with E-state index in [0.29, 0.717) is 22.7 Å². The van der Waals surface area contributed by atoms with Crippen LogP contribution in [0.1, 0.15) is 31.7 Å². The molecule has 4 rings (SSSR count). The summed E-state index contributed by atoms with van der Waals surface area (Å²) in [7, 11) is 5.81. The standard InChI is InChI=1S/C23H28N4O3/c1-14(2)18-11-16(29-5)12-19-20(18)23(28)30-22(25-19)17-7-6-9-24-21(17)27-10-8-15(13-27)26(3)4/h6-7,9,11-12,14-15H,8,10,13H2,1-5H3/t15-/m1/s1. The van der Waals surface area contributed by atoms with E-state index >= 15 is 0 Å². The molecule has 158 valence electrons. The Labute approximate surface area is 176 Å². The van der Waals surface area contributed by atoms with Crippen LogP contribution in [0.15, 0.2) is 39.7 Å². The molecule has 0 bridgehead atoms. The number of pyridine rings is 1. The van der Waals surface area contributed by atoms with Gasteiger partial charge in [-0.05, 0) is 50.2 Å². The van der Waals surface area contributed by atoms with Crippen molar-refractivity contribution in [1.82, 2.24) is 14.9 Å². The first-order chi connectivity index (χ1) is 14.4. The molecule has 7 heteroatoms. The molecule has 7 nitrogen and oxygen atoms in total. The van der Waals surface area contributed by atoms with Crippen molar-refractivity contribution in [3.05, 3.63) is 46.4 Å². The van der Waals surface area contributed by atoms with Crippen molar-refractivity contribution in [3.63, 3.8) is 0 Å². The van der Waals surface area contributed by atoms with E-state index in [1.54, 1.807) is 19.4 Å². The van der Waals surface area contributed by atoms with Crippen molar-refractivity contribution in [2.24, 2.45) is 0 Å². The van der Waals surface area contributed by atoms with E-state index in [0.717, 1.165) is 36.5 Å². The Bertz CT molecular complexity index is 1120. The Hall–Kier alpha value is -2.93. The maximum atomic E-state index is 13.0. The van der Waals surface area contributed by atoms with Crippen molar-refractivity contribution in [1.29, 1.82) is 0 Å². The minimum Gasteiger partial charge on any atom is -0.497 e. The van der Waals surface area contributed by atoms with E-state index in [9.17, 15) is 4.79 Å². The highest BCUT2D eigenvalue weighted by Crippen LogP contribution is 2.33. The predicted octanol–water partition coefficient (Wildman–Crippen LogP) is 3.52. The number of benzene rings is 1. The highest BCUT2D eigenvalue weighted by Gasteiger charge is 2.28. The van der Waals surface area contributed by atoms with Gasteiger partial charge in [0.2, 0.25) is 5.89 Å². The van der Waals surface area contributed by atoms with Crippen molar-refractivity contribution in [3.8, 4) is 17.2 Å². The minimum atomic E-state index is -0.385. The maximum Gasteiger partial charge on any atom is 0.347 e. The highest BCUT2D eigenvalue weighted by molar-refractivity contribution is 5.85. The predicted molar refractivity (Wildman–Crippen MR) is 118 cm³/mol. The minimum absolute atomic E-state index is 0.139. The van der Waals surface area contributed by atoms with Gasteiger partial charge in [-0.2, -0.15) is 0 Å². The number of rotatable bonds is 5. The quantitative estimate of drug-likeness (QED) is 0.640. The number of fused-ring (bicyclic) bond motifs is 1. The number of methoxy groups -OCH3 is 1. The number of hydrogen-bond acceptors (Lipinski definition) is 7. The summed E-state index contributed by atoms with van der Waals surface area (Å²) in [6.45, 7) is 5.85. The Morgan fingerprint density at radius 3 is 2.77 bits per heavy atom. The smallest absolute Gasteiger partial charge is 0.347 e. The van der Waals surface area contributed by atoms with Crippen LogP contribution in [0.25, 0.3) is 22.4 Å². The van der Waals surface area contributed by atoms with Crippen LogP contribution in [0.2, 0.25) is 0 Å². The lowest BCUT2D eigenvalue weighted by Crippen LogP contribution is -2.31. The summed E-state index contributed by atoms with van der Waals surface area (Å²) >= 11 is 0. The van der Waals surface area contributed by atoms with Gasteiger partial charge in [-0.3, -0.25) is 0 Å². The number of nitrogens with zero attached hydrogens (tertiary/aromatic N) is 4. The van der Waals surface area contributed by atoms with E-state index in [2.05, 4.69) is 28.9 Å². The molecule has 0 radical (unpaired) electrons. The molecule has 2 aromatic heterocycles. The van der Waals surface area contributed by atoms with Crippen LogP contribution >= 0.6 is 0 Å². The molecule has 0 spiro atoms. The van der Waals surface area contributed by atoms with Gasteiger partial charge in [0.15, 0.2) is 0 Å². The zero-order chi connectivity index (χ0) is 21.4.